The van der Waals surface area contributed by atoms with Gasteiger partial charge in [-0.3, -0.25) is 4.90 Å². The predicted octanol–water partition coefficient (Wildman–Crippen LogP) is 4.09. The van der Waals surface area contributed by atoms with E-state index in [2.05, 4.69) is 95.0 Å². The summed E-state index contributed by atoms with van der Waals surface area (Å²) in [6.07, 6.45) is 6.74. The fourth-order valence-electron chi connectivity index (χ4n) is 4.45. The molecule has 0 radical (unpaired) electrons. The fraction of sp³-hybridized carbons (Fsp3) is 0.444. The van der Waals surface area contributed by atoms with E-state index in [-0.39, 0.29) is 0 Å². The van der Waals surface area contributed by atoms with Gasteiger partial charge in [-0.05, 0) is 55.5 Å². The minimum absolute atomic E-state index is 0.478. The van der Waals surface area contributed by atoms with Crippen molar-refractivity contribution < 1.29 is 0 Å². The van der Waals surface area contributed by atoms with E-state index in [4.69, 9.17) is 4.99 Å². The second-order valence-corrected chi connectivity index (χ2v) is 8.86. The number of nitrogens with one attached hydrogen (secondary N) is 2. The van der Waals surface area contributed by atoms with E-state index < -0.39 is 0 Å². The lowest BCUT2D eigenvalue weighted by atomic mass is 10.0. The van der Waals surface area contributed by atoms with Crippen LogP contribution in [0.5, 0.6) is 0 Å². The summed E-state index contributed by atoms with van der Waals surface area (Å²) in [4.78, 5) is 9.79. The Hall–Kier alpha value is -2.79. The molecule has 2 aromatic rings. The van der Waals surface area contributed by atoms with E-state index in [1.54, 1.807) is 0 Å². The molecule has 0 aliphatic carbocycles. The number of guanidine groups is 1. The van der Waals surface area contributed by atoms with Crippen molar-refractivity contribution in [1.82, 2.24) is 15.5 Å². The lowest BCUT2D eigenvalue weighted by Crippen LogP contribution is -2.48. The van der Waals surface area contributed by atoms with Crippen LogP contribution < -0.4 is 15.5 Å². The van der Waals surface area contributed by atoms with Crippen LogP contribution in [-0.4, -0.2) is 49.6 Å². The van der Waals surface area contributed by atoms with E-state index in [1.165, 1.54) is 22.4 Å². The Labute approximate surface area is 193 Å². The van der Waals surface area contributed by atoms with Crippen molar-refractivity contribution in [2.24, 2.45) is 4.99 Å². The maximum Gasteiger partial charge on any atom is 0.191 e. The highest BCUT2D eigenvalue weighted by Gasteiger charge is 2.20. The topological polar surface area (TPSA) is 42.9 Å². The Morgan fingerprint density at radius 3 is 2.41 bits per heavy atom. The molecule has 0 aromatic heterocycles. The fourth-order valence-corrected chi connectivity index (χ4v) is 4.45. The van der Waals surface area contributed by atoms with Gasteiger partial charge in [0.25, 0.3) is 0 Å². The van der Waals surface area contributed by atoms with Gasteiger partial charge in [-0.15, -0.1) is 0 Å². The van der Waals surface area contributed by atoms with Crippen LogP contribution in [0.4, 0.5) is 5.69 Å². The zero-order valence-corrected chi connectivity index (χ0v) is 19.6. The van der Waals surface area contributed by atoms with Crippen LogP contribution in [0.25, 0.3) is 0 Å². The number of piperidine rings is 1. The molecule has 1 saturated heterocycles. The predicted molar refractivity (Wildman–Crippen MR) is 135 cm³/mol. The van der Waals surface area contributed by atoms with Crippen LogP contribution in [0.1, 0.15) is 36.5 Å². The number of hydrogen-bond acceptors (Lipinski definition) is 3. The van der Waals surface area contributed by atoms with Gasteiger partial charge in [-0.25, -0.2) is 4.99 Å². The summed E-state index contributed by atoms with van der Waals surface area (Å²) in [5, 5.41) is 7.10. The first-order chi connectivity index (χ1) is 15.7. The average molecular weight is 432 g/mol. The van der Waals surface area contributed by atoms with Crippen molar-refractivity contribution in [1.29, 1.82) is 0 Å². The Bertz CT molecular complexity index is 902. The minimum Gasteiger partial charge on any atom is -0.364 e. The molecule has 5 heteroatoms. The average Bonchev–Trinajstić information content (AvgIpc) is 3.36. The summed E-state index contributed by atoms with van der Waals surface area (Å²) in [5.74, 6) is 0.928. The minimum atomic E-state index is 0.478. The van der Waals surface area contributed by atoms with Crippen LogP contribution in [-0.2, 0) is 13.1 Å². The molecule has 4 rings (SSSR count). The monoisotopic (exact) mass is 431 g/mol. The second-order valence-electron chi connectivity index (χ2n) is 8.86. The maximum absolute atomic E-state index is 4.86. The molecule has 0 amide bonds. The van der Waals surface area contributed by atoms with Crippen molar-refractivity contribution in [3.63, 3.8) is 0 Å². The highest BCUT2D eigenvalue weighted by Crippen LogP contribution is 2.18. The van der Waals surface area contributed by atoms with E-state index in [0.29, 0.717) is 12.6 Å². The van der Waals surface area contributed by atoms with Crippen molar-refractivity contribution >= 4 is 11.6 Å². The molecule has 2 aliphatic heterocycles. The largest absolute Gasteiger partial charge is 0.364 e. The van der Waals surface area contributed by atoms with Gasteiger partial charge in [-0.1, -0.05) is 48.6 Å². The van der Waals surface area contributed by atoms with Gasteiger partial charge >= 0.3 is 0 Å². The molecular weight excluding hydrogens is 394 g/mol. The van der Waals surface area contributed by atoms with E-state index >= 15 is 0 Å². The van der Waals surface area contributed by atoms with Gasteiger partial charge in [0.1, 0.15) is 0 Å². The summed E-state index contributed by atoms with van der Waals surface area (Å²) in [6.45, 7) is 11.2. The highest BCUT2D eigenvalue weighted by atomic mass is 15.2. The Morgan fingerprint density at radius 1 is 1.00 bits per heavy atom. The molecule has 2 heterocycles. The summed E-state index contributed by atoms with van der Waals surface area (Å²) in [6, 6.07) is 18.0. The second kappa shape index (κ2) is 11.2. The molecule has 5 nitrogen and oxygen atoms in total. The van der Waals surface area contributed by atoms with Gasteiger partial charge in [-0.2, -0.15) is 0 Å². The molecule has 2 aliphatic rings. The van der Waals surface area contributed by atoms with Gasteiger partial charge in [0.2, 0.25) is 0 Å². The smallest absolute Gasteiger partial charge is 0.191 e. The van der Waals surface area contributed by atoms with Gasteiger partial charge in [0.05, 0.1) is 6.54 Å². The Balaban J connectivity index is 1.27. The number of benzene rings is 2. The third-order valence-electron chi connectivity index (χ3n) is 6.47. The number of aliphatic imine (C=N–C) groups is 1. The normalized spacial score (nSPS) is 17.7. The van der Waals surface area contributed by atoms with Gasteiger partial charge in [0.15, 0.2) is 5.96 Å². The van der Waals surface area contributed by atoms with Gasteiger partial charge < -0.3 is 15.5 Å². The molecular formula is C27H37N5. The first-order valence-corrected chi connectivity index (χ1v) is 12.0. The number of nitrogens with zero attached hydrogens (tertiary/aromatic N) is 3. The van der Waals surface area contributed by atoms with Crippen molar-refractivity contribution in [2.75, 3.05) is 37.6 Å². The van der Waals surface area contributed by atoms with Crippen molar-refractivity contribution in [3.05, 3.63) is 77.4 Å². The number of anilines is 1. The Kier molecular flexibility index (Phi) is 7.83. The zero-order chi connectivity index (χ0) is 22.2. The zero-order valence-electron chi connectivity index (χ0n) is 19.6. The van der Waals surface area contributed by atoms with E-state index in [0.717, 1.165) is 58.1 Å². The molecule has 0 unspecified atom stereocenters. The lowest BCUT2D eigenvalue weighted by molar-refractivity contribution is 0.198. The molecule has 0 spiro atoms. The Morgan fingerprint density at radius 2 is 1.72 bits per heavy atom. The summed E-state index contributed by atoms with van der Waals surface area (Å²) < 4.78 is 0. The van der Waals surface area contributed by atoms with Crippen LogP contribution in [0.3, 0.4) is 0 Å². The third-order valence-corrected chi connectivity index (χ3v) is 6.47. The molecule has 2 aromatic carbocycles. The van der Waals surface area contributed by atoms with Crippen LogP contribution in [0.2, 0.25) is 0 Å². The van der Waals surface area contributed by atoms with Crippen LogP contribution in [0.15, 0.2) is 65.7 Å². The molecule has 0 bridgehead atoms. The number of likely N-dealkylation sites (tertiary alicyclic amines) is 1. The lowest BCUT2D eigenvalue weighted by Gasteiger charge is -2.33. The highest BCUT2D eigenvalue weighted by molar-refractivity contribution is 5.80. The van der Waals surface area contributed by atoms with Crippen LogP contribution >= 0.6 is 0 Å². The SMILES string of the molecule is CCNC(=NCc1ccc(N2CC=CC2)cc1)NC1CCN(Cc2ccccc2C)CC1. The first-order valence-electron chi connectivity index (χ1n) is 12.0. The van der Waals surface area contributed by atoms with Crippen molar-refractivity contribution in [3.8, 4) is 0 Å². The summed E-state index contributed by atoms with van der Waals surface area (Å²) >= 11 is 0. The summed E-state index contributed by atoms with van der Waals surface area (Å²) in [5.41, 5.74) is 5.36. The van der Waals surface area contributed by atoms with Crippen LogP contribution in [0, 0.1) is 6.92 Å². The molecule has 32 heavy (non-hydrogen) atoms. The number of hydrogen-bond donors (Lipinski definition) is 2. The molecule has 0 atom stereocenters. The third kappa shape index (κ3) is 6.13. The molecule has 170 valence electrons. The quantitative estimate of drug-likeness (QED) is 0.394. The number of aryl methyl sites for hydroxylation is 1. The molecule has 2 N–H and O–H groups in total. The first kappa shape index (κ1) is 22.4. The van der Waals surface area contributed by atoms with E-state index in [9.17, 15) is 0 Å². The maximum atomic E-state index is 4.86. The molecule has 1 fully saturated rings. The van der Waals surface area contributed by atoms with Gasteiger partial charge in [0, 0.05) is 51.0 Å². The number of rotatable bonds is 7. The molecule has 0 saturated carbocycles. The standard InChI is InChI=1S/C27H37N5/c1-3-28-27(29-20-23-10-12-26(13-11-23)32-16-6-7-17-32)30-25-14-18-31(19-15-25)21-24-9-5-4-8-22(24)2/h4-13,25H,3,14-21H2,1-2H3,(H2,28,29,30). The van der Waals surface area contributed by atoms with Crippen molar-refractivity contribution in [2.45, 2.75) is 45.8 Å². The summed E-state index contributed by atoms with van der Waals surface area (Å²) in [7, 11) is 0. The van der Waals surface area contributed by atoms with E-state index in [1.807, 2.05) is 0 Å².